The van der Waals surface area contributed by atoms with Gasteiger partial charge in [-0.3, -0.25) is 4.79 Å². The van der Waals surface area contributed by atoms with Crippen LogP contribution in [0, 0.1) is 17.8 Å². The van der Waals surface area contributed by atoms with Gasteiger partial charge in [-0.2, -0.15) is 13.2 Å². The lowest BCUT2D eigenvalue weighted by atomic mass is 9.84. The van der Waals surface area contributed by atoms with Gasteiger partial charge in [0.1, 0.15) is 6.54 Å². The number of unbranched alkanes of at least 4 members (excludes halogenated alkanes) is 1. The molecule has 0 radical (unpaired) electrons. The van der Waals surface area contributed by atoms with E-state index in [-0.39, 0.29) is 24.4 Å². The molecule has 0 heterocycles. The minimum absolute atomic E-state index is 0.176. The molecule has 0 spiro atoms. The number of nitrogens with two attached hydrogens (primary N) is 1. The number of carbonyl (C=O) groups excluding carboxylic acids is 1. The van der Waals surface area contributed by atoms with Crippen LogP contribution in [0.25, 0.3) is 0 Å². The van der Waals surface area contributed by atoms with Crippen molar-refractivity contribution >= 4 is 5.91 Å². The molecule has 4 unspecified atom stereocenters. The molecule has 0 aromatic carbocycles. The fourth-order valence-corrected chi connectivity index (χ4v) is 3.75. The maximum atomic E-state index is 12.6. The summed E-state index contributed by atoms with van der Waals surface area (Å²) in [6, 6.07) is -0.251. The highest BCUT2D eigenvalue weighted by Gasteiger charge is 2.50. The lowest BCUT2D eigenvalue weighted by Crippen LogP contribution is -2.49. The monoisotopic (exact) mass is 292 g/mol. The maximum absolute atomic E-state index is 12.6. The summed E-state index contributed by atoms with van der Waals surface area (Å²) in [4.78, 5) is 13.5. The molecule has 0 saturated heterocycles. The molecular weight excluding hydrogens is 269 g/mol. The van der Waals surface area contributed by atoms with Gasteiger partial charge in [0.2, 0.25) is 5.91 Å². The van der Waals surface area contributed by atoms with E-state index < -0.39 is 18.6 Å². The minimum Gasteiger partial charge on any atom is -0.333 e. The molecule has 1 amide bonds. The Morgan fingerprint density at radius 2 is 1.95 bits per heavy atom. The van der Waals surface area contributed by atoms with E-state index in [0.29, 0.717) is 12.3 Å². The summed E-state index contributed by atoms with van der Waals surface area (Å²) in [7, 11) is 0. The van der Waals surface area contributed by atoms with E-state index in [1.807, 2.05) is 6.92 Å². The van der Waals surface area contributed by atoms with E-state index >= 15 is 0 Å². The molecule has 2 aliphatic carbocycles. The van der Waals surface area contributed by atoms with Gasteiger partial charge in [0.05, 0.1) is 5.92 Å². The summed E-state index contributed by atoms with van der Waals surface area (Å²) in [6.45, 7) is 0.932. The summed E-state index contributed by atoms with van der Waals surface area (Å²) >= 11 is 0. The number of amides is 1. The molecule has 0 aliphatic heterocycles. The molecule has 6 heteroatoms. The lowest BCUT2D eigenvalue weighted by molar-refractivity contribution is -0.165. The van der Waals surface area contributed by atoms with Crippen molar-refractivity contribution in [3.8, 4) is 0 Å². The molecule has 116 valence electrons. The minimum atomic E-state index is -4.34. The Bertz CT molecular complexity index is 357. The molecule has 4 atom stereocenters. The van der Waals surface area contributed by atoms with E-state index in [9.17, 15) is 18.0 Å². The average molecular weight is 292 g/mol. The standard InChI is InChI=1S/C14H23F3N2O/c1-2-3-6-19(8-14(15,16)17)13(20)11-9-4-5-10(7-9)12(11)18/h9-12H,2-8,18H2,1H3. The van der Waals surface area contributed by atoms with Gasteiger partial charge in [0.25, 0.3) is 0 Å². The first kappa shape index (κ1) is 15.6. The van der Waals surface area contributed by atoms with Crippen LogP contribution in [0.5, 0.6) is 0 Å². The third kappa shape index (κ3) is 3.27. The van der Waals surface area contributed by atoms with Crippen molar-refractivity contribution in [1.29, 1.82) is 0 Å². The highest BCUT2D eigenvalue weighted by molar-refractivity contribution is 5.80. The quantitative estimate of drug-likeness (QED) is 0.846. The van der Waals surface area contributed by atoms with Crippen LogP contribution >= 0.6 is 0 Å². The Labute approximate surface area is 117 Å². The fourth-order valence-electron chi connectivity index (χ4n) is 3.75. The van der Waals surface area contributed by atoms with Crippen LogP contribution in [0.15, 0.2) is 0 Å². The highest BCUT2D eigenvalue weighted by Crippen LogP contribution is 2.48. The molecule has 2 bridgehead atoms. The Balaban J connectivity index is 2.05. The van der Waals surface area contributed by atoms with Gasteiger partial charge >= 0.3 is 6.18 Å². The largest absolute Gasteiger partial charge is 0.406 e. The van der Waals surface area contributed by atoms with Crippen molar-refractivity contribution in [2.45, 2.75) is 51.2 Å². The second kappa shape index (κ2) is 5.92. The molecule has 2 rings (SSSR count). The summed E-state index contributed by atoms with van der Waals surface area (Å²) in [5.41, 5.74) is 6.07. The predicted molar refractivity (Wildman–Crippen MR) is 69.8 cm³/mol. The van der Waals surface area contributed by atoms with Gasteiger partial charge in [0.15, 0.2) is 0 Å². The van der Waals surface area contributed by atoms with Gasteiger partial charge in [-0.15, -0.1) is 0 Å². The number of carbonyl (C=O) groups is 1. The zero-order valence-electron chi connectivity index (χ0n) is 11.8. The maximum Gasteiger partial charge on any atom is 0.406 e. The average Bonchev–Trinajstić information content (AvgIpc) is 2.93. The van der Waals surface area contributed by atoms with E-state index in [0.717, 1.165) is 30.6 Å². The second-order valence-electron chi connectivity index (χ2n) is 6.16. The zero-order valence-corrected chi connectivity index (χ0v) is 11.8. The van der Waals surface area contributed by atoms with E-state index in [1.54, 1.807) is 0 Å². The Hall–Kier alpha value is -0.780. The number of rotatable bonds is 5. The first-order valence-electron chi connectivity index (χ1n) is 7.44. The number of halogens is 3. The highest BCUT2D eigenvalue weighted by atomic mass is 19.4. The van der Waals surface area contributed by atoms with Gasteiger partial charge in [0, 0.05) is 12.6 Å². The van der Waals surface area contributed by atoms with E-state index in [4.69, 9.17) is 5.73 Å². The molecule has 3 nitrogen and oxygen atoms in total. The van der Waals surface area contributed by atoms with Crippen molar-refractivity contribution in [1.82, 2.24) is 4.90 Å². The zero-order chi connectivity index (χ0) is 14.9. The third-order valence-electron chi connectivity index (χ3n) is 4.73. The number of fused-ring (bicyclic) bond motifs is 2. The van der Waals surface area contributed by atoms with Crippen molar-refractivity contribution in [3.05, 3.63) is 0 Å². The van der Waals surface area contributed by atoms with Crippen molar-refractivity contribution in [3.63, 3.8) is 0 Å². The molecule has 0 aromatic rings. The summed E-state index contributed by atoms with van der Waals surface area (Å²) in [5.74, 6) is -0.254. The second-order valence-corrected chi connectivity index (χ2v) is 6.16. The first-order valence-corrected chi connectivity index (χ1v) is 7.44. The molecule has 20 heavy (non-hydrogen) atoms. The molecule has 2 fully saturated rings. The van der Waals surface area contributed by atoms with Gasteiger partial charge < -0.3 is 10.6 Å². The predicted octanol–water partition coefficient (Wildman–Crippen LogP) is 2.55. The van der Waals surface area contributed by atoms with E-state index in [1.165, 1.54) is 0 Å². The van der Waals surface area contributed by atoms with Crippen LogP contribution in [0.4, 0.5) is 13.2 Å². The van der Waals surface area contributed by atoms with Crippen LogP contribution in [0.3, 0.4) is 0 Å². The van der Waals surface area contributed by atoms with Crippen LogP contribution in [0.2, 0.25) is 0 Å². The fraction of sp³-hybridized carbons (Fsp3) is 0.929. The Kier molecular flexibility index (Phi) is 4.62. The molecular formula is C14H23F3N2O. The number of hydrogen-bond donors (Lipinski definition) is 1. The van der Waals surface area contributed by atoms with Crippen molar-refractivity contribution in [2.24, 2.45) is 23.5 Å². The Morgan fingerprint density at radius 1 is 1.30 bits per heavy atom. The van der Waals surface area contributed by atoms with Crippen LogP contribution < -0.4 is 5.73 Å². The van der Waals surface area contributed by atoms with Gasteiger partial charge in [-0.25, -0.2) is 0 Å². The number of hydrogen-bond acceptors (Lipinski definition) is 2. The van der Waals surface area contributed by atoms with E-state index in [2.05, 4.69) is 0 Å². The number of alkyl halides is 3. The topological polar surface area (TPSA) is 46.3 Å². The molecule has 2 N–H and O–H groups in total. The normalized spacial score (nSPS) is 32.6. The smallest absolute Gasteiger partial charge is 0.333 e. The Morgan fingerprint density at radius 3 is 2.45 bits per heavy atom. The van der Waals surface area contributed by atoms with Gasteiger partial charge in [-0.05, 0) is 37.5 Å². The van der Waals surface area contributed by atoms with Crippen molar-refractivity contribution in [2.75, 3.05) is 13.1 Å². The summed E-state index contributed by atoms with van der Waals surface area (Å²) < 4.78 is 37.9. The van der Waals surface area contributed by atoms with Crippen LogP contribution in [0.1, 0.15) is 39.0 Å². The third-order valence-corrected chi connectivity index (χ3v) is 4.73. The first-order chi connectivity index (χ1) is 9.33. The molecule has 2 saturated carbocycles. The number of nitrogens with zero attached hydrogens (tertiary/aromatic N) is 1. The lowest BCUT2D eigenvalue weighted by Gasteiger charge is -2.33. The SMILES string of the molecule is CCCCN(CC(F)(F)F)C(=O)C1C2CCC(C2)C1N. The summed E-state index contributed by atoms with van der Waals surface area (Å²) in [5, 5.41) is 0. The van der Waals surface area contributed by atoms with Crippen molar-refractivity contribution < 1.29 is 18.0 Å². The summed E-state index contributed by atoms with van der Waals surface area (Å²) in [6.07, 6.45) is -0.120. The van der Waals surface area contributed by atoms with Crippen LogP contribution in [-0.4, -0.2) is 36.1 Å². The molecule has 0 aromatic heterocycles. The van der Waals surface area contributed by atoms with Gasteiger partial charge in [-0.1, -0.05) is 13.3 Å². The molecule has 2 aliphatic rings. The van der Waals surface area contributed by atoms with Crippen LogP contribution in [-0.2, 0) is 4.79 Å².